The molecule has 2 aliphatic rings. The van der Waals surface area contributed by atoms with Crippen LogP contribution in [0.4, 0.5) is 11.4 Å². The van der Waals surface area contributed by atoms with E-state index in [1.54, 1.807) is 60.4 Å². The van der Waals surface area contributed by atoms with Gasteiger partial charge in [0.25, 0.3) is 0 Å². The highest BCUT2D eigenvalue weighted by molar-refractivity contribution is 8.15. The molecular weight excluding hydrogens is 454 g/mol. The highest BCUT2D eigenvalue weighted by Crippen LogP contribution is 2.39. The molecule has 2 aromatic rings. The molecule has 1 atom stereocenters. The average Bonchev–Trinajstić information content (AvgIpc) is 3.61. The Kier molecular flexibility index (Phi) is 7.52. The Hall–Kier alpha value is -3.33. The van der Waals surface area contributed by atoms with Crippen LogP contribution in [0.15, 0.2) is 53.5 Å². The van der Waals surface area contributed by atoms with E-state index in [1.165, 1.54) is 11.8 Å². The first-order valence-corrected chi connectivity index (χ1v) is 12.2. The largest absolute Gasteiger partial charge is 0.494 e. The van der Waals surface area contributed by atoms with E-state index in [-0.39, 0.29) is 30.2 Å². The van der Waals surface area contributed by atoms with Crippen molar-refractivity contribution in [2.45, 2.75) is 44.4 Å². The summed E-state index contributed by atoms with van der Waals surface area (Å²) in [4.78, 5) is 43.9. The number of carbonyl (C=O) groups is 3. The lowest BCUT2D eigenvalue weighted by molar-refractivity contribution is -0.128. The molecule has 0 bridgehead atoms. The fourth-order valence-electron chi connectivity index (χ4n) is 3.54. The van der Waals surface area contributed by atoms with Crippen LogP contribution in [0.2, 0.25) is 0 Å². The Labute approximate surface area is 202 Å². The van der Waals surface area contributed by atoms with Crippen molar-refractivity contribution in [3.63, 3.8) is 0 Å². The van der Waals surface area contributed by atoms with Crippen LogP contribution in [0, 0.1) is 0 Å². The minimum atomic E-state index is -0.527. The summed E-state index contributed by atoms with van der Waals surface area (Å²) >= 11 is 1.31. The quantitative estimate of drug-likeness (QED) is 0.534. The number of amides is 2. The predicted molar refractivity (Wildman–Crippen MR) is 132 cm³/mol. The third-order valence-corrected chi connectivity index (χ3v) is 6.45. The van der Waals surface area contributed by atoms with E-state index >= 15 is 0 Å². The van der Waals surface area contributed by atoms with E-state index in [9.17, 15) is 14.4 Å². The Morgan fingerprint density at radius 2 is 1.76 bits per heavy atom. The van der Waals surface area contributed by atoms with E-state index in [2.05, 4.69) is 10.3 Å². The molecule has 1 heterocycles. The van der Waals surface area contributed by atoms with Gasteiger partial charge >= 0.3 is 5.97 Å². The Bertz CT molecular complexity index is 1080. The number of ether oxygens (including phenoxy) is 2. The zero-order chi connectivity index (χ0) is 24.1. The maximum absolute atomic E-state index is 13.1. The van der Waals surface area contributed by atoms with Gasteiger partial charge in [-0.3, -0.25) is 14.5 Å². The molecule has 8 nitrogen and oxygen atoms in total. The molecule has 1 aliphatic carbocycles. The summed E-state index contributed by atoms with van der Waals surface area (Å²) in [6, 6.07) is 14.0. The summed E-state index contributed by atoms with van der Waals surface area (Å²) in [5.74, 6) is 0.0330. The van der Waals surface area contributed by atoms with Crippen molar-refractivity contribution in [3.8, 4) is 5.75 Å². The number of thioether (sulfide) groups is 1. The molecule has 2 aromatic carbocycles. The van der Waals surface area contributed by atoms with Crippen LogP contribution in [-0.4, -0.2) is 52.4 Å². The number of hydrogen-bond acceptors (Lipinski definition) is 7. The standard InChI is InChI=1S/C25H27N3O5S/c1-3-32-20-13-9-17(10-14-20)26-22(29)15-21-23(30)28(19-11-12-19)25(34-21)27-18-7-5-16(6-8-18)24(31)33-4-2/h5-10,13-14,19,21H,3-4,11-12,15H2,1-2H3,(H,26,29). The van der Waals surface area contributed by atoms with E-state index in [0.29, 0.717) is 35.3 Å². The molecule has 34 heavy (non-hydrogen) atoms. The van der Waals surface area contributed by atoms with Gasteiger partial charge in [-0.1, -0.05) is 11.8 Å². The van der Waals surface area contributed by atoms with Gasteiger partial charge in [0.15, 0.2) is 5.17 Å². The van der Waals surface area contributed by atoms with E-state index in [0.717, 1.165) is 18.6 Å². The molecule has 4 rings (SSSR count). The van der Waals surface area contributed by atoms with Gasteiger partial charge in [0.05, 0.1) is 24.5 Å². The fraction of sp³-hybridized carbons (Fsp3) is 0.360. The maximum Gasteiger partial charge on any atom is 0.338 e. The van der Waals surface area contributed by atoms with E-state index < -0.39 is 5.25 Å². The first kappa shape index (κ1) is 23.8. The zero-order valence-corrected chi connectivity index (χ0v) is 20.0. The Morgan fingerprint density at radius 1 is 1.06 bits per heavy atom. The molecule has 1 aliphatic heterocycles. The fourth-order valence-corrected chi connectivity index (χ4v) is 4.75. The van der Waals surface area contributed by atoms with Gasteiger partial charge in [-0.05, 0) is 75.2 Å². The number of carbonyl (C=O) groups excluding carboxylic acids is 3. The van der Waals surface area contributed by atoms with Crippen molar-refractivity contribution in [2.75, 3.05) is 18.5 Å². The normalized spacial score (nSPS) is 18.8. The second-order valence-electron chi connectivity index (χ2n) is 7.92. The molecule has 1 saturated heterocycles. The SMILES string of the molecule is CCOC(=O)c1ccc(N=C2SC(CC(=O)Nc3ccc(OCC)cc3)C(=O)N2C2CC2)cc1. The average molecular weight is 482 g/mol. The lowest BCUT2D eigenvalue weighted by Crippen LogP contribution is -2.35. The number of rotatable bonds is 9. The van der Waals surface area contributed by atoms with Crippen molar-refractivity contribution < 1.29 is 23.9 Å². The van der Waals surface area contributed by atoms with Crippen LogP contribution in [-0.2, 0) is 14.3 Å². The summed E-state index contributed by atoms with van der Waals surface area (Å²) in [6.45, 7) is 4.55. The number of aliphatic imine (C=N–C) groups is 1. The van der Waals surface area contributed by atoms with Crippen LogP contribution in [0.25, 0.3) is 0 Å². The molecule has 2 amide bonds. The Morgan fingerprint density at radius 3 is 2.38 bits per heavy atom. The van der Waals surface area contributed by atoms with Crippen LogP contribution in [0.1, 0.15) is 43.5 Å². The van der Waals surface area contributed by atoms with Crippen molar-refractivity contribution in [2.24, 2.45) is 4.99 Å². The topological polar surface area (TPSA) is 97.3 Å². The minimum Gasteiger partial charge on any atom is -0.494 e. The van der Waals surface area contributed by atoms with Crippen molar-refractivity contribution >= 4 is 46.1 Å². The van der Waals surface area contributed by atoms with Gasteiger partial charge in [-0.25, -0.2) is 9.79 Å². The highest BCUT2D eigenvalue weighted by atomic mass is 32.2. The van der Waals surface area contributed by atoms with E-state index in [4.69, 9.17) is 9.47 Å². The number of anilines is 1. The highest BCUT2D eigenvalue weighted by Gasteiger charge is 2.46. The first-order valence-electron chi connectivity index (χ1n) is 11.4. The first-order chi connectivity index (χ1) is 16.5. The van der Waals surface area contributed by atoms with Crippen LogP contribution in [0.3, 0.4) is 0 Å². The molecule has 178 valence electrons. The number of amidine groups is 1. The molecule has 9 heteroatoms. The number of nitrogens with one attached hydrogen (secondary N) is 1. The molecule has 0 spiro atoms. The van der Waals surface area contributed by atoms with Gasteiger partial charge in [0, 0.05) is 18.2 Å². The van der Waals surface area contributed by atoms with Crippen molar-refractivity contribution in [3.05, 3.63) is 54.1 Å². The maximum atomic E-state index is 13.1. The van der Waals surface area contributed by atoms with Gasteiger partial charge < -0.3 is 14.8 Å². The van der Waals surface area contributed by atoms with Crippen molar-refractivity contribution in [1.29, 1.82) is 0 Å². The molecule has 0 radical (unpaired) electrons. The van der Waals surface area contributed by atoms with Crippen LogP contribution in [0.5, 0.6) is 5.75 Å². The lowest BCUT2D eigenvalue weighted by atomic mass is 10.2. The summed E-state index contributed by atoms with van der Waals surface area (Å²) in [7, 11) is 0. The van der Waals surface area contributed by atoms with Crippen molar-refractivity contribution in [1.82, 2.24) is 4.90 Å². The van der Waals surface area contributed by atoms with E-state index in [1.807, 2.05) is 6.92 Å². The summed E-state index contributed by atoms with van der Waals surface area (Å²) in [6.07, 6.45) is 1.91. The second-order valence-corrected chi connectivity index (χ2v) is 9.09. The number of benzene rings is 2. The predicted octanol–water partition coefficient (Wildman–Crippen LogP) is 4.38. The van der Waals surface area contributed by atoms with Gasteiger partial charge in [-0.15, -0.1) is 0 Å². The molecule has 1 N–H and O–H groups in total. The summed E-state index contributed by atoms with van der Waals surface area (Å²) < 4.78 is 10.4. The molecular formula is C25H27N3O5S. The number of nitrogens with zero attached hydrogens (tertiary/aromatic N) is 2. The lowest BCUT2D eigenvalue weighted by Gasteiger charge is -2.15. The third-order valence-electron chi connectivity index (χ3n) is 5.30. The summed E-state index contributed by atoms with van der Waals surface area (Å²) in [5, 5.41) is 2.91. The zero-order valence-electron chi connectivity index (χ0n) is 19.2. The minimum absolute atomic E-state index is 0.0563. The third kappa shape index (κ3) is 5.77. The van der Waals surface area contributed by atoms with Crippen LogP contribution >= 0.6 is 11.8 Å². The molecule has 0 aromatic heterocycles. The number of hydrogen-bond donors (Lipinski definition) is 1. The Balaban J connectivity index is 1.42. The molecule has 1 unspecified atom stereocenters. The molecule has 2 fully saturated rings. The van der Waals surface area contributed by atoms with Gasteiger partial charge in [-0.2, -0.15) is 0 Å². The number of esters is 1. The smallest absolute Gasteiger partial charge is 0.338 e. The van der Waals surface area contributed by atoms with Gasteiger partial charge in [0.2, 0.25) is 11.8 Å². The summed E-state index contributed by atoms with van der Waals surface area (Å²) in [5.41, 5.74) is 1.73. The van der Waals surface area contributed by atoms with Crippen LogP contribution < -0.4 is 10.1 Å². The second kappa shape index (κ2) is 10.7. The monoisotopic (exact) mass is 481 g/mol. The molecule has 1 saturated carbocycles. The van der Waals surface area contributed by atoms with Gasteiger partial charge in [0.1, 0.15) is 11.0 Å².